The lowest BCUT2D eigenvalue weighted by atomic mass is 10.2. The van der Waals surface area contributed by atoms with Gasteiger partial charge in [-0.3, -0.25) is 9.59 Å². The molecule has 2 amide bonds. The average molecular weight is 427 g/mol. The Hall–Kier alpha value is -3.46. The Balaban J connectivity index is 1.51. The van der Waals surface area contributed by atoms with Crippen LogP contribution < -0.4 is 15.4 Å². The van der Waals surface area contributed by atoms with Crippen molar-refractivity contribution in [3.05, 3.63) is 47.5 Å². The van der Waals surface area contributed by atoms with E-state index in [1.165, 1.54) is 4.80 Å². The summed E-state index contributed by atoms with van der Waals surface area (Å²) in [5, 5.41) is 18.6. The van der Waals surface area contributed by atoms with Crippen LogP contribution in [0.1, 0.15) is 26.3 Å². The molecule has 0 saturated heterocycles. The van der Waals surface area contributed by atoms with Crippen molar-refractivity contribution in [3.63, 3.8) is 0 Å². The average Bonchev–Trinajstić information content (AvgIpc) is 3.20. The number of fused-ring (bicyclic) bond motifs is 1. The van der Waals surface area contributed by atoms with Crippen LogP contribution in [0, 0.1) is 0 Å². The molecule has 0 spiro atoms. The Morgan fingerprint density at radius 1 is 1.30 bits per heavy atom. The van der Waals surface area contributed by atoms with Gasteiger partial charge in [0.15, 0.2) is 12.1 Å². The summed E-state index contributed by atoms with van der Waals surface area (Å²) in [5.74, 6) is 0.422. The number of hydrogen-bond acceptors (Lipinski definition) is 6. The monoisotopic (exact) mass is 426 g/mol. The van der Waals surface area contributed by atoms with Crippen molar-refractivity contribution in [2.75, 3.05) is 10.6 Å². The number of nitrogens with one attached hydrogen (secondary N) is 2. The van der Waals surface area contributed by atoms with Crippen LogP contribution in [0.4, 0.5) is 11.4 Å². The summed E-state index contributed by atoms with van der Waals surface area (Å²) in [7, 11) is 0. The molecular weight excluding hydrogens is 408 g/mol. The molecule has 0 bridgehead atoms. The van der Waals surface area contributed by atoms with E-state index >= 15 is 0 Å². The highest BCUT2D eigenvalue weighted by molar-refractivity contribution is 6.30. The molecule has 30 heavy (non-hydrogen) atoms. The minimum Gasteiger partial charge on any atom is -0.479 e. The van der Waals surface area contributed by atoms with Gasteiger partial charge in [-0.2, -0.15) is 4.80 Å². The van der Waals surface area contributed by atoms with Crippen molar-refractivity contribution in [1.82, 2.24) is 20.2 Å². The number of rotatable bonds is 5. The second-order valence-electron chi connectivity index (χ2n) is 6.81. The first-order chi connectivity index (χ1) is 14.4. The summed E-state index contributed by atoms with van der Waals surface area (Å²) in [5.41, 5.74) is 1.78. The number of ether oxygens (including phenoxy) is 1. The van der Waals surface area contributed by atoms with Crippen molar-refractivity contribution in [1.29, 1.82) is 0 Å². The van der Waals surface area contributed by atoms with Crippen molar-refractivity contribution < 1.29 is 14.3 Å². The number of carbonyl (C=O) groups excluding carboxylic acids is 2. The standard InChI is InChI=1S/C20H19ClN6O3/c1-3-16(27-25-18(24-26-27)12-4-6-13(21)7-5-12)20(29)22-14-8-9-17-15(10-14)23-19(28)11(2)30-17/h4-11,16H,3H2,1-2H3,(H,22,29)(H,23,28)/t11-,16-/m1/s1. The lowest BCUT2D eigenvalue weighted by Crippen LogP contribution is -2.34. The lowest BCUT2D eigenvalue weighted by Gasteiger charge is -2.24. The molecule has 0 aliphatic carbocycles. The van der Waals surface area contributed by atoms with Crippen molar-refractivity contribution in [2.24, 2.45) is 0 Å². The van der Waals surface area contributed by atoms with E-state index in [2.05, 4.69) is 26.0 Å². The van der Waals surface area contributed by atoms with E-state index in [0.717, 1.165) is 5.56 Å². The van der Waals surface area contributed by atoms with E-state index in [-0.39, 0.29) is 11.8 Å². The number of halogens is 1. The lowest BCUT2D eigenvalue weighted by molar-refractivity contribution is -0.122. The fourth-order valence-corrected chi connectivity index (χ4v) is 3.16. The second kappa shape index (κ2) is 8.11. The first-order valence-corrected chi connectivity index (χ1v) is 9.80. The molecule has 0 saturated carbocycles. The van der Waals surface area contributed by atoms with Gasteiger partial charge in [-0.1, -0.05) is 18.5 Å². The molecule has 154 valence electrons. The van der Waals surface area contributed by atoms with Gasteiger partial charge in [0.25, 0.3) is 11.8 Å². The number of benzene rings is 2. The Labute approximate surface area is 177 Å². The summed E-state index contributed by atoms with van der Waals surface area (Å²) >= 11 is 5.91. The maximum Gasteiger partial charge on any atom is 0.265 e. The van der Waals surface area contributed by atoms with E-state index in [4.69, 9.17) is 16.3 Å². The summed E-state index contributed by atoms with van der Waals surface area (Å²) in [4.78, 5) is 25.9. The maximum absolute atomic E-state index is 12.8. The van der Waals surface area contributed by atoms with E-state index < -0.39 is 12.1 Å². The van der Waals surface area contributed by atoms with Crippen LogP contribution >= 0.6 is 11.6 Å². The van der Waals surface area contributed by atoms with E-state index in [0.29, 0.717) is 34.4 Å². The third kappa shape index (κ3) is 3.97. The van der Waals surface area contributed by atoms with E-state index in [1.807, 2.05) is 6.92 Å². The topological polar surface area (TPSA) is 111 Å². The number of tetrazole rings is 1. The van der Waals surface area contributed by atoms with Gasteiger partial charge >= 0.3 is 0 Å². The van der Waals surface area contributed by atoms with Crippen LogP contribution in [0.3, 0.4) is 0 Å². The van der Waals surface area contributed by atoms with Crippen LogP contribution in [-0.2, 0) is 9.59 Å². The maximum atomic E-state index is 12.8. The zero-order chi connectivity index (χ0) is 21.3. The highest BCUT2D eigenvalue weighted by Crippen LogP contribution is 2.32. The zero-order valence-electron chi connectivity index (χ0n) is 16.3. The SMILES string of the molecule is CC[C@H](C(=O)Nc1ccc2c(c1)NC(=O)[C@@H](C)O2)n1nnc(-c2ccc(Cl)cc2)n1. The Bertz CT molecular complexity index is 1100. The quantitative estimate of drug-likeness (QED) is 0.647. The molecule has 2 heterocycles. The fourth-order valence-electron chi connectivity index (χ4n) is 3.04. The number of carbonyl (C=O) groups is 2. The number of amides is 2. The van der Waals surface area contributed by atoms with Gasteiger partial charge in [0.1, 0.15) is 5.75 Å². The molecule has 0 fully saturated rings. The molecule has 0 unspecified atom stereocenters. The van der Waals surface area contributed by atoms with E-state index in [1.54, 1.807) is 49.4 Å². The molecule has 10 heteroatoms. The third-order valence-corrected chi connectivity index (χ3v) is 4.93. The summed E-state index contributed by atoms with van der Waals surface area (Å²) < 4.78 is 5.53. The third-order valence-electron chi connectivity index (χ3n) is 4.68. The molecule has 1 aliphatic rings. The van der Waals surface area contributed by atoms with Gasteiger partial charge in [0.05, 0.1) is 5.69 Å². The van der Waals surface area contributed by atoms with Crippen LogP contribution in [0.15, 0.2) is 42.5 Å². The van der Waals surface area contributed by atoms with Gasteiger partial charge in [0, 0.05) is 16.3 Å². The van der Waals surface area contributed by atoms with Gasteiger partial charge in [-0.25, -0.2) is 0 Å². The first kappa shape index (κ1) is 19.8. The van der Waals surface area contributed by atoms with Crippen LogP contribution in [0.25, 0.3) is 11.4 Å². The van der Waals surface area contributed by atoms with E-state index in [9.17, 15) is 9.59 Å². The van der Waals surface area contributed by atoms with Crippen LogP contribution in [0.5, 0.6) is 5.75 Å². The minimum absolute atomic E-state index is 0.237. The highest BCUT2D eigenvalue weighted by Gasteiger charge is 2.25. The Morgan fingerprint density at radius 3 is 2.80 bits per heavy atom. The molecule has 4 rings (SSSR count). The first-order valence-electron chi connectivity index (χ1n) is 9.42. The molecule has 2 aromatic carbocycles. The van der Waals surface area contributed by atoms with Crippen molar-refractivity contribution in [3.8, 4) is 17.1 Å². The predicted octanol–water partition coefficient (Wildman–Crippen LogP) is 3.30. The predicted molar refractivity (Wildman–Crippen MR) is 111 cm³/mol. The molecule has 1 aromatic heterocycles. The summed E-state index contributed by atoms with van der Waals surface area (Å²) in [6, 6.07) is 11.5. The van der Waals surface area contributed by atoms with Gasteiger partial charge in [0.2, 0.25) is 5.82 Å². The molecule has 2 N–H and O–H groups in total. The van der Waals surface area contributed by atoms with Gasteiger partial charge in [-0.15, -0.1) is 10.2 Å². The molecule has 2 atom stereocenters. The van der Waals surface area contributed by atoms with Gasteiger partial charge in [-0.05, 0) is 61.0 Å². The normalized spacial score (nSPS) is 16.2. The second-order valence-corrected chi connectivity index (χ2v) is 7.25. The largest absolute Gasteiger partial charge is 0.479 e. The minimum atomic E-state index is -0.652. The fraction of sp³-hybridized carbons (Fsp3) is 0.250. The smallest absolute Gasteiger partial charge is 0.265 e. The molecule has 9 nitrogen and oxygen atoms in total. The zero-order valence-corrected chi connectivity index (χ0v) is 17.1. The summed E-state index contributed by atoms with van der Waals surface area (Å²) in [6.45, 7) is 3.53. The van der Waals surface area contributed by atoms with Gasteiger partial charge < -0.3 is 15.4 Å². The summed E-state index contributed by atoms with van der Waals surface area (Å²) in [6.07, 6.45) is -0.0967. The number of anilines is 2. The molecule has 3 aromatic rings. The Kier molecular flexibility index (Phi) is 5.37. The number of nitrogens with zero attached hydrogens (tertiary/aromatic N) is 4. The number of aromatic nitrogens is 4. The highest BCUT2D eigenvalue weighted by atomic mass is 35.5. The molecule has 1 aliphatic heterocycles. The van der Waals surface area contributed by atoms with Crippen molar-refractivity contribution in [2.45, 2.75) is 32.4 Å². The Morgan fingerprint density at radius 2 is 2.07 bits per heavy atom. The van der Waals surface area contributed by atoms with Crippen LogP contribution in [-0.4, -0.2) is 38.1 Å². The molecular formula is C20H19ClN6O3. The number of hydrogen-bond donors (Lipinski definition) is 2. The molecule has 0 radical (unpaired) electrons. The van der Waals surface area contributed by atoms with Crippen molar-refractivity contribution >= 4 is 34.8 Å². The van der Waals surface area contributed by atoms with Crippen LogP contribution in [0.2, 0.25) is 5.02 Å².